The molecule has 0 aliphatic carbocycles. The fourth-order valence-corrected chi connectivity index (χ4v) is 2.11. The molecule has 13 heavy (non-hydrogen) atoms. The number of carbonyl (C=O) groups excluding carboxylic acids is 1. The third kappa shape index (κ3) is 2.21. The Morgan fingerprint density at radius 3 is 2.85 bits per heavy atom. The van der Waals surface area contributed by atoms with Crippen LogP contribution in [0.2, 0.25) is 5.02 Å². The van der Waals surface area contributed by atoms with E-state index in [4.69, 9.17) is 16.3 Å². The van der Waals surface area contributed by atoms with Crippen LogP contribution in [-0.4, -0.2) is 20.2 Å². The lowest BCUT2D eigenvalue weighted by atomic mass is 10.3. The molecule has 0 aliphatic heterocycles. The molecule has 72 valence electrons. The number of hydrogen-bond acceptors (Lipinski definition) is 4. The van der Waals surface area contributed by atoms with Gasteiger partial charge in [0.05, 0.1) is 18.7 Å². The molecule has 0 saturated carbocycles. The van der Waals surface area contributed by atoms with Crippen LogP contribution < -0.4 is 0 Å². The number of rotatable bonds is 3. The molecule has 0 amide bonds. The lowest BCUT2D eigenvalue weighted by Crippen LogP contribution is -1.98. The van der Waals surface area contributed by atoms with Crippen LogP contribution in [0, 0.1) is 0 Å². The van der Waals surface area contributed by atoms with Gasteiger partial charge in [0, 0.05) is 12.7 Å². The van der Waals surface area contributed by atoms with Crippen molar-refractivity contribution in [3.63, 3.8) is 0 Å². The van der Waals surface area contributed by atoms with Crippen LogP contribution in [0.5, 0.6) is 0 Å². The molecule has 1 aromatic heterocycles. The van der Waals surface area contributed by atoms with Crippen LogP contribution in [0.25, 0.3) is 0 Å². The second kappa shape index (κ2) is 4.60. The molecule has 0 atom stereocenters. The fraction of sp³-hybridized carbons (Fsp3) is 0.375. The Morgan fingerprint density at radius 1 is 1.62 bits per heavy atom. The van der Waals surface area contributed by atoms with Gasteiger partial charge in [-0.1, -0.05) is 11.6 Å². The smallest absolute Gasteiger partial charge is 0.349 e. The predicted octanol–water partition coefficient (Wildman–Crippen LogP) is 2.33. The highest BCUT2D eigenvalue weighted by Gasteiger charge is 2.16. The van der Waals surface area contributed by atoms with Crippen molar-refractivity contribution in [1.82, 2.24) is 0 Å². The van der Waals surface area contributed by atoms with Gasteiger partial charge < -0.3 is 9.47 Å². The molecule has 1 aromatic rings. The Labute approximate surface area is 85.2 Å². The normalized spacial score (nSPS) is 10.1. The van der Waals surface area contributed by atoms with Crippen molar-refractivity contribution in [2.24, 2.45) is 0 Å². The van der Waals surface area contributed by atoms with Gasteiger partial charge in [-0.15, -0.1) is 11.3 Å². The topological polar surface area (TPSA) is 35.5 Å². The van der Waals surface area contributed by atoms with E-state index in [2.05, 4.69) is 4.74 Å². The van der Waals surface area contributed by atoms with Gasteiger partial charge in [0.2, 0.25) is 0 Å². The number of esters is 1. The molecule has 0 radical (unpaired) electrons. The summed E-state index contributed by atoms with van der Waals surface area (Å²) < 4.78 is 9.46. The van der Waals surface area contributed by atoms with Crippen molar-refractivity contribution in [1.29, 1.82) is 0 Å². The van der Waals surface area contributed by atoms with Gasteiger partial charge in [-0.2, -0.15) is 0 Å². The van der Waals surface area contributed by atoms with E-state index in [0.29, 0.717) is 16.5 Å². The summed E-state index contributed by atoms with van der Waals surface area (Å²) in [6.07, 6.45) is 0. The highest BCUT2D eigenvalue weighted by molar-refractivity contribution is 7.12. The lowest BCUT2D eigenvalue weighted by Gasteiger charge is -1.97. The van der Waals surface area contributed by atoms with Crippen LogP contribution in [-0.2, 0) is 16.1 Å². The zero-order valence-electron chi connectivity index (χ0n) is 7.30. The summed E-state index contributed by atoms with van der Waals surface area (Å²) >= 11 is 7.17. The van der Waals surface area contributed by atoms with Crippen LogP contribution in [0.4, 0.5) is 0 Å². The van der Waals surface area contributed by atoms with Gasteiger partial charge in [-0.3, -0.25) is 0 Å². The summed E-state index contributed by atoms with van der Waals surface area (Å²) in [5, 5.41) is 2.22. The maximum absolute atomic E-state index is 11.1. The summed E-state index contributed by atoms with van der Waals surface area (Å²) in [4.78, 5) is 11.5. The molecule has 0 saturated heterocycles. The molecule has 0 aromatic carbocycles. The molecule has 1 heterocycles. The molecular weight excluding hydrogens is 212 g/mol. The Bertz CT molecular complexity index is 308. The van der Waals surface area contributed by atoms with Crippen LogP contribution in [0.1, 0.15) is 15.2 Å². The van der Waals surface area contributed by atoms with E-state index in [-0.39, 0.29) is 0 Å². The molecule has 1 rings (SSSR count). The van der Waals surface area contributed by atoms with E-state index in [1.165, 1.54) is 18.4 Å². The van der Waals surface area contributed by atoms with Gasteiger partial charge in [0.1, 0.15) is 4.88 Å². The standard InChI is InChI=1S/C8H9ClO3S/c1-11-3-5-4-13-7(6(5)9)8(10)12-2/h4H,3H2,1-2H3. The zero-order valence-corrected chi connectivity index (χ0v) is 8.87. The van der Waals surface area contributed by atoms with Gasteiger partial charge in [0.25, 0.3) is 0 Å². The van der Waals surface area contributed by atoms with E-state index in [9.17, 15) is 4.79 Å². The minimum atomic E-state index is -0.405. The van der Waals surface area contributed by atoms with E-state index in [1.54, 1.807) is 12.5 Å². The van der Waals surface area contributed by atoms with Crippen molar-refractivity contribution in [2.75, 3.05) is 14.2 Å². The van der Waals surface area contributed by atoms with E-state index < -0.39 is 5.97 Å². The predicted molar refractivity (Wildman–Crippen MR) is 51.4 cm³/mol. The minimum Gasteiger partial charge on any atom is -0.465 e. The van der Waals surface area contributed by atoms with E-state index >= 15 is 0 Å². The number of carbonyl (C=O) groups is 1. The second-order valence-electron chi connectivity index (χ2n) is 2.33. The van der Waals surface area contributed by atoms with E-state index in [1.807, 2.05) is 0 Å². The number of ether oxygens (including phenoxy) is 2. The number of halogens is 1. The first-order valence-electron chi connectivity index (χ1n) is 3.53. The van der Waals surface area contributed by atoms with Crippen molar-refractivity contribution in [3.05, 3.63) is 20.8 Å². The molecular formula is C8H9ClO3S. The lowest BCUT2D eigenvalue weighted by molar-refractivity contribution is 0.0606. The Balaban J connectivity index is 2.92. The molecule has 0 bridgehead atoms. The first-order valence-corrected chi connectivity index (χ1v) is 4.79. The number of hydrogen-bond donors (Lipinski definition) is 0. The van der Waals surface area contributed by atoms with Gasteiger partial charge in [-0.05, 0) is 5.38 Å². The minimum absolute atomic E-state index is 0.405. The molecule has 5 heteroatoms. The Kier molecular flexibility index (Phi) is 3.71. The quantitative estimate of drug-likeness (QED) is 0.734. The van der Waals surface area contributed by atoms with Crippen LogP contribution in [0.15, 0.2) is 5.38 Å². The summed E-state index contributed by atoms with van der Waals surface area (Å²) in [7, 11) is 2.90. The van der Waals surface area contributed by atoms with Gasteiger partial charge in [-0.25, -0.2) is 4.79 Å². The summed E-state index contributed by atoms with van der Waals surface area (Å²) in [5.41, 5.74) is 0.814. The van der Waals surface area contributed by atoms with Crippen molar-refractivity contribution in [2.45, 2.75) is 6.61 Å². The number of methoxy groups -OCH3 is 2. The summed E-state index contributed by atoms with van der Waals surface area (Å²) in [6, 6.07) is 0. The highest BCUT2D eigenvalue weighted by Crippen LogP contribution is 2.28. The molecule has 0 N–H and O–H groups in total. The highest BCUT2D eigenvalue weighted by atomic mass is 35.5. The Morgan fingerprint density at radius 2 is 2.31 bits per heavy atom. The zero-order chi connectivity index (χ0) is 9.84. The average Bonchev–Trinajstić information content (AvgIpc) is 2.48. The number of thiophene rings is 1. The maximum atomic E-state index is 11.1. The Hall–Kier alpha value is -0.580. The third-order valence-corrected chi connectivity index (χ3v) is 3.02. The maximum Gasteiger partial charge on any atom is 0.349 e. The molecule has 0 spiro atoms. The largest absolute Gasteiger partial charge is 0.465 e. The molecule has 3 nitrogen and oxygen atoms in total. The van der Waals surface area contributed by atoms with Crippen molar-refractivity contribution in [3.8, 4) is 0 Å². The average molecular weight is 221 g/mol. The van der Waals surface area contributed by atoms with Crippen molar-refractivity contribution < 1.29 is 14.3 Å². The molecule has 0 unspecified atom stereocenters. The van der Waals surface area contributed by atoms with Crippen molar-refractivity contribution >= 4 is 28.9 Å². The second-order valence-corrected chi connectivity index (χ2v) is 3.59. The van der Waals surface area contributed by atoms with E-state index in [0.717, 1.165) is 5.56 Å². The van der Waals surface area contributed by atoms with Gasteiger partial charge in [0.15, 0.2) is 0 Å². The van der Waals surface area contributed by atoms with Crippen LogP contribution >= 0.6 is 22.9 Å². The van der Waals surface area contributed by atoms with Gasteiger partial charge >= 0.3 is 5.97 Å². The summed E-state index contributed by atoms with van der Waals surface area (Å²) in [6.45, 7) is 0.409. The van der Waals surface area contributed by atoms with Crippen LogP contribution in [0.3, 0.4) is 0 Å². The third-order valence-electron chi connectivity index (χ3n) is 1.47. The first-order chi connectivity index (χ1) is 6.20. The molecule has 0 fully saturated rings. The fourth-order valence-electron chi connectivity index (χ4n) is 0.863. The SMILES string of the molecule is COCc1csc(C(=O)OC)c1Cl. The first kappa shape index (κ1) is 10.5. The monoisotopic (exact) mass is 220 g/mol. The summed E-state index contributed by atoms with van der Waals surface area (Å²) in [5.74, 6) is -0.405. The molecule has 0 aliphatic rings.